The third-order valence-electron chi connectivity index (χ3n) is 4.07. The van der Waals surface area contributed by atoms with Crippen LogP contribution in [-0.2, 0) is 11.2 Å². The van der Waals surface area contributed by atoms with Gasteiger partial charge in [-0.1, -0.05) is 24.3 Å². The summed E-state index contributed by atoms with van der Waals surface area (Å²) in [6.07, 6.45) is 1.20. The minimum atomic E-state index is -0.521. The first-order chi connectivity index (χ1) is 12.5. The molecule has 0 aliphatic rings. The lowest BCUT2D eigenvalue weighted by molar-refractivity contribution is -0.127. The van der Waals surface area contributed by atoms with E-state index in [0.29, 0.717) is 13.2 Å². The highest BCUT2D eigenvalue weighted by Gasteiger charge is 2.14. The second kappa shape index (κ2) is 9.85. The molecule has 2 aromatic rings. The van der Waals surface area contributed by atoms with Crippen LogP contribution in [0.2, 0.25) is 0 Å². The van der Waals surface area contributed by atoms with Crippen LogP contribution in [0.4, 0.5) is 0 Å². The Balaban J connectivity index is 1.78. The minimum Gasteiger partial charge on any atom is -0.494 e. The Bertz CT molecular complexity index is 707. The third kappa shape index (κ3) is 6.10. The first kappa shape index (κ1) is 19.8. The number of benzene rings is 2. The molecule has 0 heterocycles. The molecule has 4 heteroatoms. The maximum atomic E-state index is 12.2. The largest absolute Gasteiger partial charge is 0.494 e. The van der Waals surface area contributed by atoms with Gasteiger partial charge in [-0.25, -0.2) is 0 Å². The monoisotopic (exact) mass is 355 g/mol. The molecule has 1 N–H and O–H groups in total. The van der Waals surface area contributed by atoms with E-state index in [2.05, 4.69) is 17.4 Å². The van der Waals surface area contributed by atoms with Crippen LogP contribution in [0.3, 0.4) is 0 Å². The highest BCUT2D eigenvalue weighted by Crippen LogP contribution is 2.19. The molecule has 140 valence electrons. The minimum absolute atomic E-state index is 0.0951. The fourth-order valence-electron chi connectivity index (χ4n) is 2.90. The van der Waals surface area contributed by atoms with Crippen molar-refractivity contribution in [2.75, 3.05) is 13.2 Å². The summed E-state index contributed by atoms with van der Waals surface area (Å²) in [6.45, 7) is 9.06. The summed E-state index contributed by atoms with van der Waals surface area (Å²) in [5, 5.41) is 2.95. The van der Waals surface area contributed by atoms with Crippen molar-refractivity contribution in [3.8, 4) is 11.5 Å². The smallest absolute Gasteiger partial charge is 0.260 e. The second-order valence-corrected chi connectivity index (χ2v) is 6.52. The Hall–Kier alpha value is -2.49. The zero-order valence-corrected chi connectivity index (χ0v) is 16.2. The maximum Gasteiger partial charge on any atom is 0.260 e. The molecule has 1 unspecified atom stereocenters. The first-order valence-corrected chi connectivity index (χ1v) is 9.23. The van der Waals surface area contributed by atoms with Crippen LogP contribution in [0.1, 0.15) is 37.0 Å². The van der Waals surface area contributed by atoms with Crippen molar-refractivity contribution in [3.05, 3.63) is 59.2 Å². The number of hydrogen-bond acceptors (Lipinski definition) is 3. The number of amides is 1. The van der Waals surface area contributed by atoms with Crippen molar-refractivity contribution in [1.29, 1.82) is 0 Å². The SMILES string of the molecule is CCOc1ccccc1CCCNC(=O)C(C)Oc1cc(C)cc(C)c1. The molecule has 0 aliphatic carbocycles. The molecule has 1 atom stereocenters. The van der Waals surface area contributed by atoms with E-state index in [0.717, 1.165) is 35.5 Å². The first-order valence-electron chi connectivity index (χ1n) is 9.23. The van der Waals surface area contributed by atoms with Gasteiger partial charge in [-0.15, -0.1) is 0 Å². The van der Waals surface area contributed by atoms with Crippen LogP contribution < -0.4 is 14.8 Å². The van der Waals surface area contributed by atoms with Gasteiger partial charge < -0.3 is 14.8 Å². The van der Waals surface area contributed by atoms with Gasteiger partial charge in [0.05, 0.1) is 6.61 Å². The lowest BCUT2D eigenvalue weighted by Crippen LogP contribution is -2.37. The number of aryl methyl sites for hydroxylation is 3. The van der Waals surface area contributed by atoms with Crippen LogP contribution in [-0.4, -0.2) is 25.2 Å². The van der Waals surface area contributed by atoms with Gasteiger partial charge in [-0.05, 0) is 75.4 Å². The fourth-order valence-corrected chi connectivity index (χ4v) is 2.90. The topological polar surface area (TPSA) is 47.6 Å². The van der Waals surface area contributed by atoms with Crippen molar-refractivity contribution >= 4 is 5.91 Å². The van der Waals surface area contributed by atoms with Gasteiger partial charge in [0.2, 0.25) is 0 Å². The van der Waals surface area contributed by atoms with Gasteiger partial charge in [-0.2, -0.15) is 0 Å². The zero-order valence-electron chi connectivity index (χ0n) is 16.2. The number of carbonyl (C=O) groups is 1. The highest BCUT2D eigenvalue weighted by molar-refractivity contribution is 5.80. The molecule has 2 aromatic carbocycles. The van der Waals surface area contributed by atoms with Crippen LogP contribution in [0.25, 0.3) is 0 Å². The van der Waals surface area contributed by atoms with E-state index >= 15 is 0 Å². The van der Waals surface area contributed by atoms with Crippen molar-refractivity contribution < 1.29 is 14.3 Å². The average Bonchev–Trinajstić information content (AvgIpc) is 2.59. The molecule has 0 radical (unpaired) electrons. The summed E-state index contributed by atoms with van der Waals surface area (Å²) in [7, 11) is 0. The molecule has 1 amide bonds. The molecule has 0 spiro atoms. The normalized spacial score (nSPS) is 11.7. The molecular weight excluding hydrogens is 326 g/mol. The van der Waals surface area contributed by atoms with E-state index < -0.39 is 6.10 Å². The van der Waals surface area contributed by atoms with Crippen LogP contribution in [0.5, 0.6) is 11.5 Å². The van der Waals surface area contributed by atoms with Crippen molar-refractivity contribution in [3.63, 3.8) is 0 Å². The number of hydrogen-bond donors (Lipinski definition) is 1. The van der Waals surface area contributed by atoms with E-state index in [1.165, 1.54) is 5.56 Å². The molecule has 0 aliphatic heterocycles. The second-order valence-electron chi connectivity index (χ2n) is 6.52. The van der Waals surface area contributed by atoms with Gasteiger partial charge >= 0.3 is 0 Å². The molecule has 0 saturated carbocycles. The summed E-state index contributed by atoms with van der Waals surface area (Å²) in [5.41, 5.74) is 3.42. The molecule has 0 aromatic heterocycles. The Morgan fingerprint density at radius 3 is 2.50 bits per heavy atom. The number of rotatable bonds is 9. The molecule has 4 nitrogen and oxygen atoms in total. The Morgan fingerprint density at radius 1 is 1.12 bits per heavy atom. The lowest BCUT2D eigenvalue weighted by Gasteiger charge is -2.16. The highest BCUT2D eigenvalue weighted by atomic mass is 16.5. The van der Waals surface area contributed by atoms with E-state index in [1.807, 2.05) is 51.1 Å². The molecule has 0 bridgehead atoms. The predicted molar refractivity (Wildman–Crippen MR) is 105 cm³/mol. The third-order valence-corrected chi connectivity index (χ3v) is 4.07. The van der Waals surface area contributed by atoms with E-state index in [1.54, 1.807) is 6.92 Å². The predicted octanol–water partition coefficient (Wildman–Crippen LogP) is 4.22. The molecule has 0 fully saturated rings. The van der Waals surface area contributed by atoms with Crippen LogP contribution >= 0.6 is 0 Å². The van der Waals surface area contributed by atoms with E-state index in [9.17, 15) is 4.79 Å². The van der Waals surface area contributed by atoms with Crippen molar-refractivity contribution in [2.24, 2.45) is 0 Å². The zero-order chi connectivity index (χ0) is 18.9. The van der Waals surface area contributed by atoms with Gasteiger partial charge in [-0.3, -0.25) is 4.79 Å². The van der Waals surface area contributed by atoms with E-state index in [-0.39, 0.29) is 5.91 Å². The van der Waals surface area contributed by atoms with Crippen molar-refractivity contribution in [1.82, 2.24) is 5.32 Å². The van der Waals surface area contributed by atoms with Gasteiger partial charge in [0, 0.05) is 6.54 Å². The molecule has 2 rings (SSSR count). The summed E-state index contributed by atoms with van der Waals surface area (Å²) in [6, 6.07) is 14.0. The van der Waals surface area contributed by atoms with Crippen LogP contribution in [0.15, 0.2) is 42.5 Å². The summed E-state index contributed by atoms with van der Waals surface area (Å²) < 4.78 is 11.4. The summed E-state index contributed by atoms with van der Waals surface area (Å²) in [4.78, 5) is 12.2. The van der Waals surface area contributed by atoms with Gasteiger partial charge in [0.15, 0.2) is 6.10 Å². The number of nitrogens with one attached hydrogen (secondary N) is 1. The van der Waals surface area contributed by atoms with Gasteiger partial charge in [0.25, 0.3) is 5.91 Å². The van der Waals surface area contributed by atoms with E-state index in [4.69, 9.17) is 9.47 Å². The fraction of sp³-hybridized carbons (Fsp3) is 0.409. The Morgan fingerprint density at radius 2 is 1.81 bits per heavy atom. The summed E-state index contributed by atoms with van der Waals surface area (Å²) in [5.74, 6) is 1.56. The number of para-hydroxylation sites is 1. The summed E-state index contributed by atoms with van der Waals surface area (Å²) >= 11 is 0. The van der Waals surface area contributed by atoms with Crippen molar-refractivity contribution in [2.45, 2.75) is 46.6 Å². The average molecular weight is 355 g/mol. The quantitative estimate of drug-likeness (QED) is 0.685. The number of carbonyl (C=O) groups excluding carboxylic acids is 1. The maximum absolute atomic E-state index is 12.2. The number of ether oxygens (including phenoxy) is 2. The molecule has 0 saturated heterocycles. The Kier molecular flexibility index (Phi) is 7.52. The molecule has 26 heavy (non-hydrogen) atoms. The molecular formula is C22H29NO3. The van der Waals surface area contributed by atoms with Crippen LogP contribution in [0, 0.1) is 13.8 Å². The lowest BCUT2D eigenvalue weighted by atomic mass is 10.1. The standard InChI is InChI=1S/C22H29NO3/c1-5-25-21-11-7-6-9-19(21)10-8-12-23-22(24)18(4)26-20-14-16(2)13-17(3)15-20/h6-7,9,11,13-15,18H,5,8,10,12H2,1-4H3,(H,23,24). The Labute approximate surface area is 156 Å². The van der Waals surface area contributed by atoms with Gasteiger partial charge in [0.1, 0.15) is 11.5 Å².